The van der Waals surface area contributed by atoms with Crippen LogP contribution in [0.15, 0.2) is 18.2 Å². The predicted molar refractivity (Wildman–Crippen MR) is 84.2 cm³/mol. The molecule has 5 nitrogen and oxygen atoms in total. The highest BCUT2D eigenvalue weighted by atomic mass is 19.1. The number of nitriles is 1. The number of benzene rings is 1. The fourth-order valence-electron chi connectivity index (χ4n) is 2.58. The van der Waals surface area contributed by atoms with E-state index in [4.69, 9.17) is 10.00 Å². The van der Waals surface area contributed by atoms with Crippen molar-refractivity contribution in [3.05, 3.63) is 35.1 Å². The molecule has 0 spiro atoms. The molecular formula is C17H22FN3O2. The topological polar surface area (TPSA) is 74.2 Å². The lowest BCUT2D eigenvalue weighted by Gasteiger charge is -2.22. The molecule has 1 aliphatic rings. The second-order valence-electron chi connectivity index (χ2n) is 5.66. The van der Waals surface area contributed by atoms with Gasteiger partial charge in [0.05, 0.1) is 17.7 Å². The molecule has 0 saturated carbocycles. The van der Waals surface area contributed by atoms with Gasteiger partial charge in [0.15, 0.2) is 0 Å². The summed E-state index contributed by atoms with van der Waals surface area (Å²) in [6.45, 7) is 1.46. The predicted octanol–water partition coefficient (Wildman–Crippen LogP) is 2.85. The Hall–Kier alpha value is -2.13. The molecule has 1 saturated heterocycles. The Bertz CT molecular complexity index is 565. The highest BCUT2D eigenvalue weighted by Crippen LogP contribution is 2.16. The number of rotatable bonds is 6. The molecule has 0 aliphatic carbocycles. The number of carbonyl (C=O) groups excluding carboxylic acids is 1. The van der Waals surface area contributed by atoms with Crippen LogP contribution in [0.2, 0.25) is 0 Å². The van der Waals surface area contributed by atoms with Crippen molar-refractivity contribution in [3.8, 4) is 6.07 Å². The summed E-state index contributed by atoms with van der Waals surface area (Å²) >= 11 is 0. The number of hydrogen-bond acceptors (Lipinski definition) is 3. The largest absolute Gasteiger partial charge is 0.378 e. The Morgan fingerprint density at radius 2 is 2.26 bits per heavy atom. The minimum absolute atomic E-state index is 0.0545. The number of urea groups is 1. The molecular weight excluding hydrogens is 297 g/mol. The molecule has 1 aliphatic heterocycles. The minimum Gasteiger partial charge on any atom is -0.378 e. The molecule has 0 bridgehead atoms. The zero-order chi connectivity index (χ0) is 16.5. The van der Waals surface area contributed by atoms with Crippen LogP contribution in [0.1, 0.15) is 43.2 Å². The third-order valence-electron chi connectivity index (χ3n) is 3.88. The van der Waals surface area contributed by atoms with Gasteiger partial charge < -0.3 is 15.4 Å². The number of hydrogen-bond donors (Lipinski definition) is 2. The van der Waals surface area contributed by atoms with Gasteiger partial charge in [0.1, 0.15) is 5.82 Å². The third kappa shape index (κ3) is 5.87. The van der Waals surface area contributed by atoms with E-state index in [1.54, 1.807) is 0 Å². The summed E-state index contributed by atoms with van der Waals surface area (Å²) in [7, 11) is 0. The van der Waals surface area contributed by atoms with Gasteiger partial charge in [-0.2, -0.15) is 5.26 Å². The van der Waals surface area contributed by atoms with Gasteiger partial charge in [-0.05, 0) is 50.3 Å². The normalized spacial score (nSPS) is 17.3. The molecule has 23 heavy (non-hydrogen) atoms. The second kappa shape index (κ2) is 9.11. The second-order valence-corrected chi connectivity index (χ2v) is 5.66. The van der Waals surface area contributed by atoms with E-state index in [-0.39, 0.29) is 12.6 Å². The monoisotopic (exact) mass is 319 g/mol. The SMILES string of the molecule is N#Cc1ccc(F)c(CNC(=O)NCCC[C@H]2CCCCO2)c1. The highest BCUT2D eigenvalue weighted by molar-refractivity contribution is 5.73. The molecule has 1 aromatic rings. The summed E-state index contributed by atoms with van der Waals surface area (Å²) in [5.41, 5.74) is 0.672. The van der Waals surface area contributed by atoms with E-state index in [9.17, 15) is 9.18 Å². The molecule has 2 N–H and O–H groups in total. The Labute approximate surface area is 135 Å². The van der Waals surface area contributed by atoms with Crippen molar-refractivity contribution < 1.29 is 13.9 Å². The van der Waals surface area contributed by atoms with Crippen molar-refractivity contribution >= 4 is 6.03 Å². The first kappa shape index (κ1) is 17.2. The highest BCUT2D eigenvalue weighted by Gasteiger charge is 2.13. The van der Waals surface area contributed by atoms with E-state index in [1.807, 2.05) is 6.07 Å². The van der Waals surface area contributed by atoms with Crippen LogP contribution in [0, 0.1) is 17.1 Å². The van der Waals surface area contributed by atoms with Crippen LogP contribution < -0.4 is 10.6 Å². The van der Waals surface area contributed by atoms with Gasteiger partial charge in [-0.15, -0.1) is 0 Å². The molecule has 124 valence electrons. The number of ether oxygens (including phenoxy) is 1. The van der Waals surface area contributed by atoms with Crippen LogP contribution in [-0.2, 0) is 11.3 Å². The Kier molecular flexibility index (Phi) is 6.82. The average Bonchev–Trinajstić information content (AvgIpc) is 2.59. The maximum absolute atomic E-state index is 13.6. The van der Waals surface area contributed by atoms with E-state index in [0.717, 1.165) is 32.3 Å². The number of halogens is 1. The Morgan fingerprint density at radius 1 is 1.39 bits per heavy atom. The zero-order valence-electron chi connectivity index (χ0n) is 13.1. The maximum atomic E-state index is 13.6. The molecule has 2 amide bonds. The molecule has 1 fully saturated rings. The smallest absolute Gasteiger partial charge is 0.315 e. The lowest BCUT2D eigenvalue weighted by Crippen LogP contribution is -2.36. The van der Waals surface area contributed by atoms with Crippen LogP contribution in [0.25, 0.3) is 0 Å². The quantitative estimate of drug-likeness (QED) is 0.792. The summed E-state index contributed by atoms with van der Waals surface area (Å²) in [6, 6.07) is 5.69. The standard InChI is InChI=1S/C17H22FN3O2/c18-16-7-6-13(11-19)10-14(16)12-21-17(22)20-8-3-5-15-4-1-2-9-23-15/h6-7,10,15H,1-5,8-9,12H2,(H2,20,21,22)/t15-/m1/s1. The fourth-order valence-corrected chi connectivity index (χ4v) is 2.58. The average molecular weight is 319 g/mol. The van der Waals surface area contributed by atoms with Crippen molar-refractivity contribution in [2.24, 2.45) is 0 Å². The summed E-state index contributed by atoms with van der Waals surface area (Å²) < 4.78 is 19.2. The van der Waals surface area contributed by atoms with E-state index in [2.05, 4.69) is 10.6 Å². The molecule has 1 aromatic carbocycles. The first-order valence-electron chi connectivity index (χ1n) is 8.01. The third-order valence-corrected chi connectivity index (χ3v) is 3.88. The Morgan fingerprint density at radius 3 is 3.00 bits per heavy atom. The van der Waals surface area contributed by atoms with Crippen molar-refractivity contribution in [2.45, 2.75) is 44.8 Å². The Balaban J connectivity index is 1.64. The van der Waals surface area contributed by atoms with Crippen LogP contribution in [0.4, 0.5) is 9.18 Å². The van der Waals surface area contributed by atoms with Crippen LogP contribution in [0.5, 0.6) is 0 Å². The van der Waals surface area contributed by atoms with E-state index in [0.29, 0.717) is 23.8 Å². The van der Waals surface area contributed by atoms with Crippen LogP contribution in [0.3, 0.4) is 0 Å². The number of amides is 2. The van der Waals surface area contributed by atoms with Gasteiger partial charge in [0.25, 0.3) is 0 Å². The van der Waals surface area contributed by atoms with Gasteiger partial charge >= 0.3 is 6.03 Å². The van der Waals surface area contributed by atoms with Crippen molar-refractivity contribution in [2.75, 3.05) is 13.2 Å². The van der Waals surface area contributed by atoms with Crippen molar-refractivity contribution in [1.82, 2.24) is 10.6 Å². The van der Waals surface area contributed by atoms with Gasteiger partial charge in [0.2, 0.25) is 0 Å². The van der Waals surface area contributed by atoms with Gasteiger partial charge in [-0.1, -0.05) is 0 Å². The zero-order valence-corrected chi connectivity index (χ0v) is 13.1. The van der Waals surface area contributed by atoms with Crippen molar-refractivity contribution in [1.29, 1.82) is 5.26 Å². The van der Waals surface area contributed by atoms with Gasteiger partial charge in [0, 0.05) is 25.3 Å². The van der Waals surface area contributed by atoms with E-state index >= 15 is 0 Å². The maximum Gasteiger partial charge on any atom is 0.315 e. The summed E-state index contributed by atoms with van der Waals surface area (Å²) in [5, 5.41) is 14.1. The molecule has 0 unspecified atom stereocenters. The summed E-state index contributed by atoms with van der Waals surface area (Å²) in [4.78, 5) is 11.7. The van der Waals surface area contributed by atoms with Gasteiger partial charge in [-0.25, -0.2) is 9.18 Å². The van der Waals surface area contributed by atoms with Gasteiger partial charge in [-0.3, -0.25) is 0 Å². The van der Waals surface area contributed by atoms with Crippen molar-refractivity contribution in [3.63, 3.8) is 0 Å². The number of nitrogens with zero attached hydrogens (tertiary/aromatic N) is 1. The summed E-state index contributed by atoms with van der Waals surface area (Å²) in [5.74, 6) is -0.432. The lowest BCUT2D eigenvalue weighted by atomic mass is 10.0. The molecule has 0 aromatic heterocycles. The lowest BCUT2D eigenvalue weighted by molar-refractivity contribution is 0.0103. The van der Waals surface area contributed by atoms with E-state index < -0.39 is 5.82 Å². The van der Waals surface area contributed by atoms with Crippen LogP contribution in [-0.4, -0.2) is 25.3 Å². The molecule has 1 atom stereocenters. The fraction of sp³-hybridized carbons (Fsp3) is 0.529. The minimum atomic E-state index is -0.432. The molecule has 1 heterocycles. The number of nitrogens with one attached hydrogen (secondary N) is 2. The first-order chi connectivity index (χ1) is 11.2. The summed E-state index contributed by atoms with van der Waals surface area (Å²) in [6.07, 6.45) is 5.57. The van der Waals surface area contributed by atoms with E-state index in [1.165, 1.54) is 24.6 Å². The first-order valence-corrected chi connectivity index (χ1v) is 8.01. The molecule has 2 rings (SSSR count). The molecule has 0 radical (unpaired) electrons. The van der Waals surface area contributed by atoms with Crippen LogP contribution >= 0.6 is 0 Å². The molecule has 6 heteroatoms. The number of carbonyl (C=O) groups is 1.